The third-order valence-electron chi connectivity index (χ3n) is 2.70. The molecule has 13 heavy (non-hydrogen) atoms. The number of carboxylic acid groups (broad SMARTS) is 1. The summed E-state index contributed by atoms with van der Waals surface area (Å²) in [5.41, 5.74) is -0.259. The summed E-state index contributed by atoms with van der Waals surface area (Å²) in [4.78, 5) is 21.2. The maximum absolute atomic E-state index is 10.6. The number of carboxylic acids is 1. The van der Waals surface area contributed by atoms with Crippen molar-refractivity contribution in [3.8, 4) is 0 Å². The lowest BCUT2D eigenvalue weighted by Gasteiger charge is -2.01. The molecule has 1 saturated carbocycles. The van der Waals surface area contributed by atoms with Gasteiger partial charge in [0.2, 0.25) is 0 Å². The van der Waals surface area contributed by atoms with Gasteiger partial charge in [-0.1, -0.05) is 19.9 Å². The van der Waals surface area contributed by atoms with Crippen molar-refractivity contribution in [2.24, 2.45) is 17.3 Å². The highest BCUT2D eigenvalue weighted by atomic mass is 16.4. The van der Waals surface area contributed by atoms with Crippen LogP contribution in [0.2, 0.25) is 0 Å². The summed E-state index contributed by atoms with van der Waals surface area (Å²) in [6.07, 6.45) is 3.10. The van der Waals surface area contributed by atoms with Gasteiger partial charge in [0.25, 0.3) is 0 Å². The Kier molecular flexibility index (Phi) is 2.28. The third-order valence-corrected chi connectivity index (χ3v) is 2.70. The highest BCUT2D eigenvalue weighted by Gasteiger charge is 2.56. The van der Waals surface area contributed by atoms with Crippen molar-refractivity contribution >= 4 is 11.8 Å². The van der Waals surface area contributed by atoms with Crippen LogP contribution in [0.1, 0.15) is 20.8 Å². The molecule has 0 N–H and O–H groups in total. The van der Waals surface area contributed by atoms with Gasteiger partial charge in [0.15, 0.2) is 5.78 Å². The smallest absolute Gasteiger partial charge is 0.152 e. The largest absolute Gasteiger partial charge is 0.550 e. The summed E-state index contributed by atoms with van der Waals surface area (Å²) in [5.74, 6) is -1.58. The fourth-order valence-electron chi connectivity index (χ4n) is 1.73. The maximum atomic E-state index is 10.6. The van der Waals surface area contributed by atoms with Crippen molar-refractivity contribution in [2.45, 2.75) is 20.8 Å². The van der Waals surface area contributed by atoms with Crippen molar-refractivity contribution in [3.63, 3.8) is 0 Å². The van der Waals surface area contributed by atoms with Gasteiger partial charge >= 0.3 is 0 Å². The van der Waals surface area contributed by atoms with E-state index in [9.17, 15) is 14.7 Å². The Labute approximate surface area is 77.4 Å². The van der Waals surface area contributed by atoms with Crippen LogP contribution in [0.15, 0.2) is 12.2 Å². The van der Waals surface area contributed by atoms with Crippen LogP contribution in [-0.4, -0.2) is 11.8 Å². The summed E-state index contributed by atoms with van der Waals surface area (Å²) < 4.78 is 0. The Morgan fingerprint density at radius 1 is 1.38 bits per heavy atom. The molecule has 0 spiro atoms. The first-order valence-corrected chi connectivity index (χ1v) is 4.27. The van der Waals surface area contributed by atoms with Crippen molar-refractivity contribution in [2.75, 3.05) is 0 Å². The van der Waals surface area contributed by atoms with E-state index >= 15 is 0 Å². The molecule has 1 rings (SSSR count). The first-order chi connectivity index (χ1) is 5.87. The fraction of sp³-hybridized carbons (Fsp3) is 0.600. The molecule has 3 nitrogen and oxygen atoms in total. The summed E-state index contributed by atoms with van der Waals surface area (Å²) in [5, 5.41) is 10.6. The van der Waals surface area contributed by atoms with E-state index in [1.165, 1.54) is 13.0 Å². The van der Waals surface area contributed by atoms with Gasteiger partial charge in [0, 0.05) is 11.9 Å². The zero-order valence-corrected chi connectivity index (χ0v) is 8.03. The zero-order valence-electron chi connectivity index (χ0n) is 8.03. The quantitative estimate of drug-likeness (QED) is 0.582. The first-order valence-electron chi connectivity index (χ1n) is 4.27. The molecule has 0 radical (unpaired) electrons. The Morgan fingerprint density at radius 2 is 1.92 bits per heavy atom. The SMILES string of the molecule is CC(=O)/C=C/C1C(C(=O)[O-])C1(C)C. The minimum atomic E-state index is -1.02. The van der Waals surface area contributed by atoms with E-state index in [-0.39, 0.29) is 17.1 Å². The average molecular weight is 181 g/mol. The van der Waals surface area contributed by atoms with E-state index in [4.69, 9.17) is 0 Å². The molecule has 1 fully saturated rings. The van der Waals surface area contributed by atoms with Crippen LogP contribution in [0, 0.1) is 17.3 Å². The second kappa shape index (κ2) is 2.98. The van der Waals surface area contributed by atoms with Gasteiger partial charge in [-0.15, -0.1) is 0 Å². The Morgan fingerprint density at radius 3 is 2.23 bits per heavy atom. The van der Waals surface area contributed by atoms with Crippen molar-refractivity contribution < 1.29 is 14.7 Å². The predicted molar refractivity (Wildman–Crippen MR) is 45.6 cm³/mol. The molecule has 2 atom stereocenters. The van der Waals surface area contributed by atoms with Crippen LogP contribution >= 0.6 is 0 Å². The molecule has 2 unspecified atom stereocenters. The minimum Gasteiger partial charge on any atom is -0.550 e. The molecule has 1 aliphatic carbocycles. The van der Waals surface area contributed by atoms with E-state index in [2.05, 4.69) is 0 Å². The molecule has 3 heteroatoms. The Bertz CT molecular complexity index is 276. The zero-order chi connectivity index (χ0) is 10.2. The van der Waals surface area contributed by atoms with Crippen molar-refractivity contribution in [3.05, 3.63) is 12.2 Å². The monoisotopic (exact) mass is 181 g/mol. The Hall–Kier alpha value is -1.12. The maximum Gasteiger partial charge on any atom is 0.152 e. The number of carbonyl (C=O) groups excluding carboxylic acids is 2. The molecular weight excluding hydrogens is 168 g/mol. The van der Waals surface area contributed by atoms with Gasteiger partial charge in [0.05, 0.1) is 0 Å². The summed E-state index contributed by atoms with van der Waals surface area (Å²) in [6.45, 7) is 5.17. The molecule has 72 valence electrons. The topological polar surface area (TPSA) is 57.2 Å². The van der Waals surface area contributed by atoms with Crippen LogP contribution in [0.3, 0.4) is 0 Å². The third kappa shape index (κ3) is 1.79. The van der Waals surface area contributed by atoms with Gasteiger partial charge in [0.1, 0.15) is 0 Å². The number of hydrogen-bond acceptors (Lipinski definition) is 3. The lowest BCUT2D eigenvalue weighted by Crippen LogP contribution is -2.26. The van der Waals surface area contributed by atoms with E-state index in [0.29, 0.717) is 0 Å². The van der Waals surface area contributed by atoms with E-state index in [1.807, 2.05) is 13.8 Å². The summed E-state index contributed by atoms with van der Waals surface area (Å²) in [7, 11) is 0. The van der Waals surface area contributed by atoms with E-state index in [1.54, 1.807) is 6.08 Å². The van der Waals surface area contributed by atoms with E-state index < -0.39 is 11.9 Å². The first kappa shape index (κ1) is 9.96. The second-order valence-electron chi connectivity index (χ2n) is 4.11. The number of allylic oxidation sites excluding steroid dienone is 2. The molecule has 0 heterocycles. The second-order valence-corrected chi connectivity index (χ2v) is 4.11. The average Bonchev–Trinajstić information content (AvgIpc) is 2.48. The molecule has 0 amide bonds. The molecule has 0 saturated heterocycles. The minimum absolute atomic E-state index is 0.0543. The number of aliphatic carboxylic acids is 1. The summed E-state index contributed by atoms with van der Waals surface area (Å²) in [6, 6.07) is 0. The fourth-order valence-corrected chi connectivity index (χ4v) is 1.73. The lowest BCUT2D eigenvalue weighted by molar-refractivity contribution is -0.309. The van der Waals surface area contributed by atoms with E-state index in [0.717, 1.165) is 0 Å². The van der Waals surface area contributed by atoms with Gasteiger partial charge in [-0.2, -0.15) is 0 Å². The van der Waals surface area contributed by atoms with Crippen molar-refractivity contribution in [1.29, 1.82) is 0 Å². The standard InChI is InChI=1S/C10H14O3/c1-6(11)4-5-7-8(9(12)13)10(7,2)3/h4-5,7-8H,1-3H3,(H,12,13)/p-1/b5-4+. The molecule has 1 aliphatic rings. The predicted octanol–water partition coefficient (Wildman–Crippen LogP) is 0.154. The molecule has 0 aromatic carbocycles. The molecule has 0 aromatic rings. The Balaban J connectivity index is 2.66. The van der Waals surface area contributed by atoms with Crippen LogP contribution < -0.4 is 5.11 Å². The van der Waals surface area contributed by atoms with Crippen LogP contribution in [-0.2, 0) is 9.59 Å². The highest BCUT2D eigenvalue weighted by molar-refractivity contribution is 5.87. The van der Waals surface area contributed by atoms with Gasteiger partial charge < -0.3 is 9.90 Å². The van der Waals surface area contributed by atoms with Gasteiger partial charge in [-0.3, -0.25) is 4.79 Å². The number of hydrogen-bond donors (Lipinski definition) is 0. The molecule has 0 aliphatic heterocycles. The summed E-state index contributed by atoms with van der Waals surface area (Å²) >= 11 is 0. The van der Waals surface area contributed by atoms with Crippen LogP contribution in [0.25, 0.3) is 0 Å². The lowest BCUT2D eigenvalue weighted by atomic mass is 10.1. The number of rotatable bonds is 3. The molecule has 0 bridgehead atoms. The number of carbonyl (C=O) groups is 2. The van der Waals surface area contributed by atoms with Crippen molar-refractivity contribution in [1.82, 2.24) is 0 Å². The molecular formula is C10H13O3-. The van der Waals surface area contributed by atoms with Crippen LogP contribution in [0.4, 0.5) is 0 Å². The van der Waals surface area contributed by atoms with Crippen LogP contribution in [0.5, 0.6) is 0 Å². The highest BCUT2D eigenvalue weighted by Crippen LogP contribution is 2.58. The van der Waals surface area contributed by atoms with Gasteiger partial charge in [-0.05, 0) is 24.3 Å². The normalized spacial score (nSPS) is 30.4. The molecule has 0 aromatic heterocycles. The van der Waals surface area contributed by atoms with Gasteiger partial charge in [-0.25, -0.2) is 0 Å². The number of ketones is 1.